The lowest BCUT2D eigenvalue weighted by Gasteiger charge is -2.29. The van der Waals surface area contributed by atoms with Gasteiger partial charge < -0.3 is 20.1 Å². The molecule has 5 heteroatoms. The molecule has 5 nitrogen and oxygen atoms in total. The number of hydrogen-bond acceptors (Lipinski definition) is 4. The normalized spacial score (nSPS) is 20.4. The van der Waals surface area contributed by atoms with Gasteiger partial charge in [0.2, 0.25) is 0 Å². The van der Waals surface area contributed by atoms with E-state index < -0.39 is 5.60 Å². The first-order chi connectivity index (χ1) is 8.68. The Hall–Kier alpha value is -0.810. The predicted molar refractivity (Wildman–Crippen MR) is 75.3 cm³/mol. The highest BCUT2D eigenvalue weighted by Gasteiger charge is 2.25. The Balaban J connectivity index is 2.24. The van der Waals surface area contributed by atoms with Gasteiger partial charge in [0.15, 0.2) is 0 Å². The number of alkyl carbamates (subject to hydrolysis) is 1. The van der Waals surface area contributed by atoms with Crippen LogP contribution in [0.1, 0.15) is 47.5 Å². The summed E-state index contributed by atoms with van der Waals surface area (Å²) in [6.07, 6.45) is 2.20. The Morgan fingerprint density at radius 1 is 1.32 bits per heavy atom. The van der Waals surface area contributed by atoms with Gasteiger partial charge in [0.1, 0.15) is 5.60 Å². The van der Waals surface area contributed by atoms with Gasteiger partial charge in [0, 0.05) is 19.7 Å². The Labute approximate surface area is 116 Å². The van der Waals surface area contributed by atoms with Gasteiger partial charge in [-0.3, -0.25) is 0 Å². The second-order valence-corrected chi connectivity index (χ2v) is 6.78. The van der Waals surface area contributed by atoms with Gasteiger partial charge in [-0.25, -0.2) is 4.79 Å². The molecule has 0 aromatic rings. The number of ether oxygens (including phenoxy) is 2. The molecule has 0 spiro atoms. The fourth-order valence-electron chi connectivity index (χ4n) is 1.98. The maximum atomic E-state index is 11.7. The van der Waals surface area contributed by atoms with Gasteiger partial charge in [0.05, 0.1) is 11.6 Å². The molecule has 0 bridgehead atoms. The molecule has 0 aromatic heterocycles. The molecule has 0 aromatic carbocycles. The first-order valence-electron chi connectivity index (χ1n) is 7.01. The minimum Gasteiger partial charge on any atom is -0.444 e. The molecule has 1 amide bonds. The summed E-state index contributed by atoms with van der Waals surface area (Å²) < 4.78 is 10.8. The Morgan fingerprint density at radius 2 is 2.00 bits per heavy atom. The highest BCUT2D eigenvalue weighted by Crippen LogP contribution is 2.11. The molecule has 19 heavy (non-hydrogen) atoms. The molecule has 0 radical (unpaired) electrons. The molecule has 1 fully saturated rings. The number of rotatable bonds is 5. The number of amides is 1. The molecule has 1 aliphatic rings. The maximum Gasteiger partial charge on any atom is 0.408 e. The van der Waals surface area contributed by atoms with E-state index >= 15 is 0 Å². The topological polar surface area (TPSA) is 59.6 Å². The summed E-state index contributed by atoms with van der Waals surface area (Å²) in [5.74, 6) is 0. The fraction of sp³-hybridized carbons (Fsp3) is 0.929. The van der Waals surface area contributed by atoms with E-state index in [2.05, 4.69) is 10.6 Å². The van der Waals surface area contributed by atoms with Crippen molar-refractivity contribution in [2.24, 2.45) is 0 Å². The second kappa shape index (κ2) is 6.57. The molecule has 0 saturated carbocycles. The van der Waals surface area contributed by atoms with Gasteiger partial charge in [0.25, 0.3) is 0 Å². The SMILES string of the molecule is CC(C)(CNCC1CCCO1)NC(=O)OC(C)(C)C. The van der Waals surface area contributed by atoms with E-state index in [4.69, 9.17) is 9.47 Å². The Bertz CT molecular complexity index is 292. The van der Waals surface area contributed by atoms with Crippen molar-refractivity contribution in [2.45, 2.75) is 64.7 Å². The van der Waals surface area contributed by atoms with E-state index in [1.54, 1.807) is 0 Å². The lowest BCUT2D eigenvalue weighted by Crippen LogP contribution is -2.52. The molecular weight excluding hydrogens is 244 g/mol. The Morgan fingerprint density at radius 3 is 2.53 bits per heavy atom. The fourth-order valence-corrected chi connectivity index (χ4v) is 1.98. The summed E-state index contributed by atoms with van der Waals surface area (Å²) in [6, 6.07) is 0. The molecule has 1 rings (SSSR count). The van der Waals surface area contributed by atoms with Crippen LogP contribution in [0, 0.1) is 0 Å². The molecule has 1 heterocycles. The molecule has 0 aliphatic carbocycles. The van der Waals surface area contributed by atoms with E-state index in [-0.39, 0.29) is 11.6 Å². The van der Waals surface area contributed by atoms with Gasteiger partial charge in [-0.05, 0) is 47.5 Å². The summed E-state index contributed by atoms with van der Waals surface area (Å²) in [4.78, 5) is 11.7. The third-order valence-corrected chi connectivity index (χ3v) is 2.80. The second-order valence-electron chi connectivity index (χ2n) is 6.78. The van der Waals surface area contributed by atoms with Crippen LogP contribution in [0.3, 0.4) is 0 Å². The monoisotopic (exact) mass is 272 g/mol. The third kappa shape index (κ3) is 7.38. The number of carbonyl (C=O) groups is 1. The van der Waals surface area contributed by atoms with Crippen LogP contribution < -0.4 is 10.6 Å². The number of nitrogens with one attached hydrogen (secondary N) is 2. The van der Waals surface area contributed by atoms with Crippen LogP contribution in [0.2, 0.25) is 0 Å². The molecule has 1 aliphatic heterocycles. The standard InChI is InChI=1S/C14H28N2O3/c1-13(2,3)19-12(17)16-14(4,5)10-15-9-11-7-6-8-18-11/h11,15H,6-10H2,1-5H3,(H,16,17). The van der Waals surface area contributed by atoms with Crippen molar-refractivity contribution in [3.63, 3.8) is 0 Å². The van der Waals surface area contributed by atoms with Gasteiger partial charge in [-0.2, -0.15) is 0 Å². The average Bonchev–Trinajstić information content (AvgIpc) is 2.65. The summed E-state index contributed by atoms with van der Waals surface area (Å²) in [5, 5.41) is 6.21. The summed E-state index contributed by atoms with van der Waals surface area (Å²) in [7, 11) is 0. The molecule has 2 N–H and O–H groups in total. The van der Waals surface area contributed by atoms with Crippen molar-refractivity contribution in [3.8, 4) is 0 Å². The molecule has 1 saturated heterocycles. The van der Waals surface area contributed by atoms with Crippen molar-refractivity contribution in [1.29, 1.82) is 0 Å². The smallest absolute Gasteiger partial charge is 0.408 e. The van der Waals surface area contributed by atoms with Crippen LogP contribution in [0.5, 0.6) is 0 Å². The van der Waals surface area contributed by atoms with Gasteiger partial charge in [-0.15, -0.1) is 0 Å². The maximum absolute atomic E-state index is 11.7. The molecule has 1 unspecified atom stereocenters. The van der Waals surface area contributed by atoms with Crippen molar-refractivity contribution in [3.05, 3.63) is 0 Å². The number of hydrogen-bond donors (Lipinski definition) is 2. The van der Waals surface area contributed by atoms with Crippen LogP contribution >= 0.6 is 0 Å². The average molecular weight is 272 g/mol. The van der Waals surface area contributed by atoms with Crippen molar-refractivity contribution >= 4 is 6.09 Å². The third-order valence-electron chi connectivity index (χ3n) is 2.80. The van der Waals surface area contributed by atoms with Crippen molar-refractivity contribution in [2.75, 3.05) is 19.7 Å². The minimum absolute atomic E-state index is 0.317. The van der Waals surface area contributed by atoms with Crippen LogP contribution in [0.4, 0.5) is 4.79 Å². The van der Waals surface area contributed by atoms with Crippen LogP contribution in [0.15, 0.2) is 0 Å². The van der Waals surface area contributed by atoms with E-state index in [0.717, 1.165) is 26.0 Å². The quantitative estimate of drug-likeness (QED) is 0.804. The highest BCUT2D eigenvalue weighted by atomic mass is 16.6. The lowest BCUT2D eigenvalue weighted by molar-refractivity contribution is 0.0469. The van der Waals surface area contributed by atoms with E-state index in [1.165, 1.54) is 0 Å². The predicted octanol–water partition coefficient (Wildman–Crippen LogP) is 2.06. The van der Waals surface area contributed by atoms with Gasteiger partial charge >= 0.3 is 6.09 Å². The largest absolute Gasteiger partial charge is 0.444 e. The summed E-state index contributed by atoms with van der Waals surface area (Å²) >= 11 is 0. The first-order valence-corrected chi connectivity index (χ1v) is 7.01. The van der Waals surface area contributed by atoms with Crippen LogP contribution in [-0.4, -0.2) is 43.0 Å². The zero-order chi connectivity index (χ0) is 14.5. The molecule has 112 valence electrons. The first kappa shape index (κ1) is 16.2. The molecular formula is C14H28N2O3. The van der Waals surface area contributed by atoms with Crippen LogP contribution in [-0.2, 0) is 9.47 Å². The zero-order valence-corrected chi connectivity index (χ0v) is 12.8. The van der Waals surface area contributed by atoms with E-state index in [1.807, 2.05) is 34.6 Å². The lowest BCUT2D eigenvalue weighted by atomic mass is 10.1. The van der Waals surface area contributed by atoms with Crippen LogP contribution in [0.25, 0.3) is 0 Å². The minimum atomic E-state index is -0.467. The summed E-state index contributed by atoms with van der Waals surface area (Å²) in [5.41, 5.74) is -0.813. The zero-order valence-electron chi connectivity index (χ0n) is 12.8. The van der Waals surface area contributed by atoms with E-state index in [9.17, 15) is 4.79 Å². The number of carbonyl (C=O) groups excluding carboxylic acids is 1. The highest BCUT2D eigenvalue weighted by molar-refractivity contribution is 5.68. The Kier molecular flexibility index (Phi) is 5.62. The molecule has 1 atom stereocenters. The van der Waals surface area contributed by atoms with Gasteiger partial charge in [-0.1, -0.05) is 0 Å². The summed E-state index contributed by atoms with van der Waals surface area (Å²) in [6.45, 7) is 11.9. The van der Waals surface area contributed by atoms with Crippen molar-refractivity contribution < 1.29 is 14.3 Å². The van der Waals surface area contributed by atoms with Crippen molar-refractivity contribution in [1.82, 2.24) is 10.6 Å². The van der Waals surface area contributed by atoms with E-state index in [0.29, 0.717) is 12.6 Å².